The molecule has 0 spiro atoms. The van der Waals surface area contributed by atoms with Crippen LogP contribution in [0.25, 0.3) is 0 Å². The average Bonchev–Trinajstić information content (AvgIpc) is 2.29. The van der Waals surface area contributed by atoms with Crippen LogP contribution in [0.3, 0.4) is 0 Å². The highest BCUT2D eigenvalue weighted by Crippen LogP contribution is 2.21. The van der Waals surface area contributed by atoms with E-state index in [1.54, 1.807) is 12.3 Å². The van der Waals surface area contributed by atoms with Gasteiger partial charge in [0.15, 0.2) is 0 Å². The molecule has 5 nitrogen and oxygen atoms in total. The van der Waals surface area contributed by atoms with Crippen LogP contribution in [0.1, 0.15) is 0 Å². The normalized spacial score (nSPS) is 20.7. The number of aromatic nitrogens is 1. The molecule has 0 bridgehead atoms. The van der Waals surface area contributed by atoms with Gasteiger partial charge in [0.05, 0.1) is 42.8 Å². The summed E-state index contributed by atoms with van der Waals surface area (Å²) < 4.78 is 10.8. The summed E-state index contributed by atoms with van der Waals surface area (Å²) in [5.74, 6) is 0.616. The molecule has 0 aromatic carbocycles. The Kier molecular flexibility index (Phi) is 3.82. The molecule has 0 amide bonds. The summed E-state index contributed by atoms with van der Waals surface area (Å²) in [6.07, 6.45) is 1.61. The number of nitrogen functional groups attached to an aromatic ring is 1. The Balaban J connectivity index is 1.88. The van der Waals surface area contributed by atoms with Gasteiger partial charge in [-0.05, 0) is 6.07 Å². The molecule has 1 unspecified atom stereocenters. The Bertz CT molecular complexity index is 356. The van der Waals surface area contributed by atoms with Crippen molar-refractivity contribution in [3.63, 3.8) is 0 Å². The van der Waals surface area contributed by atoms with Crippen LogP contribution in [0.5, 0.6) is 0 Å². The van der Waals surface area contributed by atoms with Crippen LogP contribution in [0.4, 0.5) is 11.5 Å². The number of ether oxygens (including phenoxy) is 2. The molecule has 0 aliphatic carbocycles. The molecule has 1 aliphatic heterocycles. The summed E-state index contributed by atoms with van der Waals surface area (Å²) in [6.45, 7) is 2.52. The Labute approximate surface area is 98.9 Å². The molecule has 0 saturated carbocycles. The number of nitrogens with zero attached hydrogens (tertiary/aromatic N) is 1. The van der Waals surface area contributed by atoms with Gasteiger partial charge in [0.2, 0.25) is 0 Å². The molecular formula is C10H14ClN3O2. The minimum Gasteiger partial charge on any atom is -0.397 e. The van der Waals surface area contributed by atoms with Crippen molar-refractivity contribution in [2.45, 2.75) is 6.10 Å². The number of hydrogen-bond acceptors (Lipinski definition) is 5. The van der Waals surface area contributed by atoms with Crippen molar-refractivity contribution >= 4 is 23.1 Å². The van der Waals surface area contributed by atoms with E-state index in [1.165, 1.54) is 0 Å². The second-order valence-electron chi connectivity index (χ2n) is 3.55. The fraction of sp³-hybridized carbons (Fsp3) is 0.500. The second kappa shape index (κ2) is 5.34. The first-order valence-electron chi connectivity index (χ1n) is 5.10. The molecule has 6 heteroatoms. The van der Waals surface area contributed by atoms with Gasteiger partial charge in [-0.2, -0.15) is 0 Å². The number of halogens is 1. The van der Waals surface area contributed by atoms with Gasteiger partial charge in [0.1, 0.15) is 5.82 Å². The highest BCUT2D eigenvalue weighted by atomic mass is 35.5. The molecule has 1 aromatic heterocycles. The van der Waals surface area contributed by atoms with Crippen LogP contribution in [-0.4, -0.2) is 37.5 Å². The van der Waals surface area contributed by atoms with Gasteiger partial charge in [0.25, 0.3) is 0 Å². The smallest absolute Gasteiger partial charge is 0.145 e. The van der Waals surface area contributed by atoms with E-state index in [1.807, 2.05) is 0 Å². The molecule has 2 rings (SSSR count). The van der Waals surface area contributed by atoms with Gasteiger partial charge < -0.3 is 20.5 Å². The third-order valence-corrected chi connectivity index (χ3v) is 2.53. The van der Waals surface area contributed by atoms with Gasteiger partial charge in [-0.1, -0.05) is 11.6 Å². The van der Waals surface area contributed by atoms with Gasteiger partial charge in [-0.3, -0.25) is 0 Å². The molecule has 1 atom stereocenters. The van der Waals surface area contributed by atoms with Crippen LogP contribution >= 0.6 is 11.6 Å². The lowest BCUT2D eigenvalue weighted by molar-refractivity contribution is -0.0819. The summed E-state index contributed by atoms with van der Waals surface area (Å²) in [6, 6.07) is 1.66. The van der Waals surface area contributed by atoms with Crippen molar-refractivity contribution in [3.8, 4) is 0 Å². The van der Waals surface area contributed by atoms with Crippen molar-refractivity contribution < 1.29 is 9.47 Å². The third kappa shape index (κ3) is 2.98. The quantitative estimate of drug-likeness (QED) is 0.833. The summed E-state index contributed by atoms with van der Waals surface area (Å²) in [5, 5.41) is 3.62. The maximum Gasteiger partial charge on any atom is 0.145 e. The maximum absolute atomic E-state index is 5.97. The molecule has 3 N–H and O–H groups in total. The summed E-state index contributed by atoms with van der Waals surface area (Å²) in [7, 11) is 0. The van der Waals surface area contributed by atoms with Crippen LogP contribution in [0.2, 0.25) is 5.02 Å². The number of nitrogens with one attached hydrogen (secondary N) is 1. The van der Waals surface area contributed by atoms with Crippen molar-refractivity contribution in [2.24, 2.45) is 0 Å². The molecule has 0 radical (unpaired) electrons. The zero-order valence-electron chi connectivity index (χ0n) is 8.78. The lowest BCUT2D eigenvalue weighted by Gasteiger charge is -2.23. The first-order chi connectivity index (χ1) is 7.75. The average molecular weight is 244 g/mol. The van der Waals surface area contributed by atoms with E-state index in [0.29, 0.717) is 42.9 Å². The monoisotopic (exact) mass is 243 g/mol. The predicted octanol–water partition coefficient (Wildman–Crippen LogP) is 1.14. The van der Waals surface area contributed by atoms with Crippen molar-refractivity contribution in [1.29, 1.82) is 0 Å². The maximum atomic E-state index is 5.97. The van der Waals surface area contributed by atoms with E-state index in [-0.39, 0.29) is 6.10 Å². The van der Waals surface area contributed by atoms with Crippen molar-refractivity contribution in [2.75, 3.05) is 37.4 Å². The van der Waals surface area contributed by atoms with E-state index >= 15 is 0 Å². The zero-order valence-corrected chi connectivity index (χ0v) is 9.54. The van der Waals surface area contributed by atoms with E-state index in [4.69, 9.17) is 26.8 Å². The minimum atomic E-state index is 0.0455. The van der Waals surface area contributed by atoms with Crippen molar-refractivity contribution in [1.82, 2.24) is 4.98 Å². The number of pyridine rings is 1. The standard InChI is InChI=1S/C10H14ClN3O2/c11-9-3-7(12)4-13-10(9)14-5-8-6-15-1-2-16-8/h3-4,8H,1-2,5-6,12H2,(H,13,14). The first-order valence-corrected chi connectivity index (χ1v) is 5.48. The Morgan fingerprint density at radius 2 is 2.44 bits per heavy atom. The SMILES string of the molecule is Nc1cnc(NCC2COCCO2)c(Cl)c1. The molecule has 1 aromatic rings. The van der Waals surface area contributed by atoms with Crippen LogP contribution < -0.4 is 11.1 Å². The third-order valence-electron chi connectivity index (χ3n) is 2.24. The largest absolute Gasteiger partial charge is 0.397 e. The molecular weight excluding hydrogens is 230 g/mol. The first kappa shape index (κ1) is 11.4. The highest BCUT2D eigenvalue weighted by Gasteiger charge is 2.14. The lowest BCUT2D eigenvalue weighted by Crippen LogP contribution is -2.34. The van der Waals surface area contributed by atoms with Gasteiger partial charge in [-0.25, -0.2) is 4.98 Å². The van der Waals surface area contributed by atoms with Gasteiger partial charge in [-0.15, -0.1) is 0 Å². The number of rotatable bonds is 3. The highest BCUT2D eigenvalue weighted by molar-refractivity contribution is 6.33. The molecule has 88 valence electrons. The Morgan fingerprint density at radius 3 is 3.12 bits per heavy atom. The van der Waals surface area contributed by atoms with Gasteiger partial charge in [0, 0.05) is 6.54 Å². The summed E-state index contributed by atoms with van der Waals surface area (Å²) in [5.41, 5.74) is 6.10. The van der Waals surface area contributed by atoms with Crippen molar-refractivity contribution in [3.05, 3.63) is 17.3 Å². The topological polar surface area (TPSA) is 69.4 Å². The molecule has 1 aliphatic rings. The fourth-order valence-electron chi connectivity index (χ4n) is 1.45. The van der Waals surface area contributed by atoms with Crippen LogP contribution in [0.15, 0.2) is 12.3 Å². The van der Waals surface area contributed by atoms with E-state index < -0.39 is 0 Å². The number of hydrogen-bond donors (Lipinski definition) is 2. The Morgan fingerprint density at radius 1 is 1.56 bits per heavy atom. The van der Waals surface area contributed by atoms with E-state index in [2.05, 4.69) is 10.3 Å². The molecule has 2 heterocycles. The molecule has 1 fully saturated rings. The minimum absolute atomic E-state index is 0.0455. The van der Waals surface area contributed by atoms with Crippen LogP contribution in [-0.2, 0) is 9.47 Å². The van der Waals surface area contributed by atoms with Crippen LogP contribution in [0, 0.1) is 0 Å². The second-order valence-corrected chi connectivity index (χ2v) is 3.95. The number of nitrogens with two attached hydrogens (primary N) is 1. The van der Waals surface area contributed by atoms with E-state index in [0.717, 1.165) is 0 Å². The molecule has 1 saturated heterocycles. The number of anilines is 2. The fourth-order valence-corrected chi connectivity index (χ4v) is 1.69. The molecule has 16 heavy (non-hydrogen) atoms. The predicted molar refractivity (Wildman–Crippen MR) is 62.7 cm³/mol. The van der Waals surface area contributed by atoms with Gasteiger partial charge >= 0.3 is 0 Å². The van der Waals surface area contributed by atoms with E-state index in [9.17, 15) is 0 Å². The lowest BCUT2D eigenvalue weighted by atomic mass is 10.3. The Hall–Kier alpha value is -1.04. The zero-order chi connectivity index (χ0) is 11.4. The summed E-state index contributed by atoms with van der Waals surface area (Å²) in [4.78, 5) is 4.10. The summed E-state index contributed by atoms with van der Waals surface area (Å²) >= 11 is 5.97.